The van der Waals surface area contributed by atoms with Crippen LogP contribution in [0.25, 0.3) is 11.2 Å². The number of fused-ring (bicyclic) bond motifs is 1. The van der Waals surface area contributed by atoms with Crippen molar-refractivity contribution in [2.24, 2.45) is 0 Å². The van der Waals surface area contributed by atoms with Gasteiger partial charge in [-0.2, -0.15) is 0 Å². The van der Waals surface area contributed by atoms with Crippen LogP contribution in [0.5, 0.6) is 0 Å². The van der Waals surface area contributed by atoms with E-state index in [9.17, 15) is 4.79 Å². The second kappa shape index (κ2) is 2.12. The van der Waals surface area contributed by atoms with Gasteiger partial charge in [0.25, 0.3) is 0 Å². The van der Waals surface area contributed by atoms with Crippen LogP contribution < -0.4 is 5.43 Å². The molecule has 2 rings (SSSR count). The molecular formula is C6H4N4O. The molecular weight excluding hydrogens is 144 g/mol. The normalized spacial score (nSPS) is 10.2. The van der Waals surface area contributed by atoms with Crippen LogP contribution in [-0.2, 0) is 0 Å². The Balaban J connectivity index is 3.03. The third-order valence-corrected chi connectivity index (χ3v) is 1.31. The third-order valence-electron chi connectivity index (χ3n) is 1.31. The summed E-state index contributed by atoms with van der Waals surface area (Å²) in [6.45, 7) is 0. The summed E-state index contributed by atoms with van der Waals surface area (Å²) < 4.78 is 0. The summed E-state index contributed by atoms with van der Waals surface area (Å²) in [6.07, 6.45) is 2.76. The maximum atomic E-state index is 11.0. The maximum absolute atomic E-state index is 11.0. The highest BCUT2D eigenvalue weighted by Gasteiger charge is 1.97. The Morgan fingerprint density at radius 3 is 3.18 bits per heavy atom. The molecule has 0 saturated carbocycles. The number of rotatable bonds is 0. The Labute approximate surface area is 61.1 Å². The number of aromatic nitrogens is 4. The number of aromatic amines is 1. The standard InChI is InChI=1S/C6H4N4O/c11-4-1-2-7-6-5(4)8-3-9-10-6/h1-3H,(H,7,10,11). The van der Waals surface area contributed by atoms with Crippen LogP contribution in [0, 0.1) is 0 Å². The van der Waals surface area contributed by atoms with Crippen LogP contribution in [0.2, 0.25) is 0 Å². The smallest absolute Gasteiger partial charge is 0.209 e. The van der Waals surface area contributed by atoms with Gasteiger partial charge in [0, 0.05) is 12.3 Å². The first-order valence-corrected chi connectivity index (χ1v) is 3.03. The van der Waals surface area contributed by atoms with Crippen molar-refractivity contribution in [3.05, 3.63) is 28.8 Å². The second-order valence-corrected chi connectivity index (χ2v) is 2.00. The molecule has 0 atom stereocenters. The highest BCUT2D eigenvalue weighted by molar-refractivity contribution is 5.67. The van der Waals surface area contributed by atoms with Gasteiger partial charge >= 0.3 is 0 Å². The predicted molar refractivity (Wildman–Crippen MR) is 38.0 cm³/mol. The molecule has 0 aromatic carbocycles. The van der Waals surface area contributed by atoms with Gasteiger partial charge in [0.15, 0.2) is 11.2 Å². The molecule has 0 aliphatic carbocycles. The van der Waals surface area contributed by atoms with E-state index in [1.807, 2.05) is 0 Å². The second-order valence-electron chi connectivity index (χ2n) is 2.00. The zero-order valence-corrected chi connectivity index (χ0v) is 5.48. The fourth-order valence-corrected chi connectivity index (χ4v) is 0.828. The molecule has 2 aromatic heterocycles. The number of H-pyrrole nitrogens is 1. The van der Waals surface area contributed by atoms with Gasteiger partial charge in [0.05, 0.1) is 0 Å². The first-order valence-electron chi connectivity index (χ1n) is 3.03. The zero-order valence-electron chi connectivity index (χ0n) is 5.48. The lowest BCUT2D eigenvalue weighted by atomic mass is 10.4. The molecule has 2 heterocycles. The SMILES string of the molecule is O=c1cc[nH]c2nncnc12. The molecule has 0 fully saturated rings. The average Bonchev–Trinajstić information content (AvgIpc) is 2.06. The minimum atomic E-state index is -0.145. The van der Waals surface area contributed by atoms with E-state index in [0.29, 0.717) is 11.2 Å². The highest BCUT2D eigenvalue weighted by Crippen LogP contribution is 1.92. The Bertz CT molecular complexity index is 430. The Kier molecular flexibility index (Phi) is 1.15. The van der Waals surface area contributed by atoms with Gasteiger partial charge in [0.1, 0.15) is 6.33 Å². The van der Waals surface area contributed by atoms with Crippen molar-refractivity contribution in [1.29, 1.82) is 0 Å². The third kappa shape index (κ3) is 0.861. The van der Waals surface area contributed by atoms with E-state index in [-0.39, 0.29) is 5.43 Å². The number of pyridine rings is 1. The fourth-order valence-electron chi connectivity index (χ4n) is 0.828. The molecule has 0 spiro atoms. The van der Waals surface area contributed by atoms with E-state index in [0.717, 1.165) is 0 Å². The lowest BCUT2D eigenvalue weighted by Crippen LogP contribution is -2.04. The topological polar surface area (TPSA) is 71.5 Å². The summed E-state index contributed by atoms with van der Waals surface area (Å²) in [5.41, 5.74) is 0.594. The van der Waals surface area contributed by atoms with Crippen LogP contribution in [0.1, 0.15) is 0 Å². The van der Waals surface area contributed by atoms with Crippen molar-refractivity contribution in [3.63, 3.8) is 0 Å². The Morgan fingerprint density at radius 1 is 1.45 bits per heavy atom. The van der Waals surface area contributed by atoms with Gasteiger partial charge in [0.2, 0.25) is 5.43 Å². The first kappa shape index (κ1) is 5.96. The van der Waals surface area contributed by atoms with Crippen molar-refractivity contribution in [1.82, 2.24) is 20.2 Å². The first-order chi connectivity index (χ1) is 5.38. The van der Waals surface area contributed by atoms with E-state index in [1.165, 1.54) is 18.6 Å². The molecule has 0 amide bonds. The summed E-state index contributed by atoms with van der Waals surface area (Å²) in [5, 5.41) is 7.20. The van der Waals surface area contributed by atoms with Crippen molar-refractivity contribution in [2.75, 3.05) is 0 Å². The molecule has 0 bridgehead atoms. The molecule has 0 aliphatic rings. The summed E-state index contributed by atoms with van der Waals surface area (Å²) in [4.78, 5) is 17.5. The molecule has 5 nitrogen and oxygen atoms in total. The van der Waals surface area contributed by atoms with Gasteiger partial charge in [-0.15, -0.1) is 10.2 Å². The Morgan fingerprint density at radius 2 is 2.36 bits per heavy atom. The largest absolute Gasteiger partial charge is 0.343 e. The van der Waals surface area contributed by atoms with Crippen LogP contribution in [0.3, 0.4) is 0 Å². The molecule has 0 radical (unpaired) electrons. The highest BCUT2D eigenvalue weighted by atomic mass is 16.1. The molecule has 0 aliphatic heterocycles. The zero-order chi connectivity index (χ0) is 7.68. The monoisotopic (exact) mass is 148 g/mol. The number of hydrogen-bond donors (Lipinski definition) is 1. The van der Waals surface area contributed by atoms with Crippen LogP contribution >= 0.6 is 0 Å². The van der Waals surface area contributed by atoms with E-state index in [4.69, 9.17) is 0 Å². The van der Waals surface area contributed by atoms with E-state index >= 15 is 0 Å². The van der Waals surface area contributed by atoms with E-state index in [2.05, 4.69) is 20.2 Å². The molecule has 1 N–H and O–H groups in total. The molecule has 2 aromatic rings. The minimum Gasteiger partial charge on any atom is -0.343 e. The van der Waals surface area contributed by atoms with Crippen molar-refractivity contribution >= 4 is 11.2 Å². The number of nitrogens with one attached hydrogen (secondary N) is 1. The predicted octanol–water partition coefficient (Wildman–Crippen LogP) is -0.287. The van der Waals surface area contributed by atoms with Gasteiger partial charge in [-0.25, -0.2) is 4.98 Å². The maximum Gasteiger partial charge on any atom is 0.209 e. The number of hydrogen-bond acceptors (Lipinski definition) is 4. The quantitative estimate of drug-likeness (QED) is 0.557. The molecule has 11 heavy (non-hydrogen) atoms. The van der Waals surface area contributed by atoms with E-state index < -0.39 is 0 Å². The van der Waals surface area contributed by atoms with Crippen LogP contribution in [0.15, 0.2) is 23.4 Å². The average molecular weight is 148 g/mol. The summed E-state index contributed by atoms with van der Waals surface area (Å²) in [5.74, 6) is 0. The molecule has 0 saturated heterocycles. The van der Waals surface area contributed by atoms with Gasteiger partial charge < -0.3 is 4.98 Å². The van der Waals surface area contributed by atoms with Crippen LogP contribution in [0.4, 0.5) is 0 Å². The van der Waals surface area contributed by atoms with Crippen molar-refractivity contribution < 1.29 is 0 Å². The Hall–Kier alpha value is -1.78. The van der Waals surface area contributed by atoms with Gasteiger partial charge in [-0.1, -0.05) is 0 Å². The summed E-state index contributed by atoms with van der Waals surface area (Å²) in [7, 11) is 0. The van der Waals surface area contributed by atoms with Gasteiger partial charge in [-0.05, 0) is 0 Å². The molecule has 0 unspecified atom stereocenters. The van der Waals surface area contributed by atoms with Crippen LogP contribution in [-0.4, -0.2) is 20.2 Å². The van der Waals surface area contributed by atoms with Crippen molar-refractivity contribution in [3.8, 4) is 0 Å². The summed E-state index contributed by atoms with van der Waals surface area (Å²) in [6, 6.07) is 1.40. The molecule has 54 valence electrons. The van der Waals surface area contributed by atoms with E-state index in [1.54, 1.807) is 0 Å². The lowest BCUT2D eigenvalue weighted by Gasteiger charge is -1.89. The fraction of sp³-hybridized carbons (Fsp3) is 0. The van der Waals surface area contributed by atoms with Gasteiger partial charge in [-0.3, -0.25) is 4.79 Å². The lowest BCUT2D eigenvalue weighted by molar-refractivity contribution is 0.998. The summed E-state index contributed by atoms with van der Waals surface area (Å²) >= 11 is 0. The minimum absolute atomic E-state index is 0.145. The van der Waals surface area contributed by atoms with Crippen molar-refractivity contribution in [2.45, 2.75) is 0 Å². The number of nitrogens with zero attached hydrogens (tertiary/aromatic N) is 3. The molecule has 5 heteroatoms.